The fourth-order valence-corrected chi connectivity index (χ4v) is 3.09. The highest BCUT2D eigenvalue weighted by Crippen LogP contribution is 2.28. The Labute approximate surface area is 201 Å². The summed E-state index contributed by atoms with van der Waals surface area (Å²) in [5, 5.41) is 19.3. The van der Waals surface area contributed by atoms with Gasteiger partial charge in [-0.1, -0.05) is 0 Å². The van der Waals surface area contributed by atoms with Gasteiger partial charge < -0.3 is 29.9 Å². The fourth-order valence-electron chi connectivity index (χ4n) is 3.09. The summed E-state index contributed by atoms with van der Waals surface area (Å²) < 4.78 is 9.80. The summed E-state index contributed by atoms with van der Waals surface area (Å²) in [7, 11) is 2.43. The molecule has 14 nitrogen and oxygen atoms in total. The van der Waals surface area contributed by atoms with Gasteiger partial charge in [-0.25, -0.2) is 9.59 Å². The number of methoxy groups -OCH3 is 2. The van der Waals surface area contributed by atoms with Crippen LogP contribution in [0.2, 0.25) is 0 Å². The SMILES string of the molecule is COC(=O)c1ccc(C(=O)O)c(N=NC(C(C)=O)C(=O)Nc2cc3[nH]c(=O)c(=O)[nH]c3cc2OC)c1. The minimum absolute atomic E-state index is 0.0202. The van der Waals surface area contributed by atoms with Crippen molar-refractivity contribution in [2.45, 2.75) is 13.0 Å². The number of ketones is 1. The summed E-state index contributed by atoms with van der Waals surface area (Å²) in [6.07, 6.45) is 0. The van der Waals surface area contributed by atoms with Gasteiger partial charge in [0, 0.05) is 6.07 Å². The van der Waals surface area contributed by atoms with Crippen LogP contribution >= 0.6 is 0 Å². The average Bonchev–Trinajstić information content (AvgIpc) is 2.83. The number of carboxylic acid groups (broad SMARTS) is 1. The number of H-pyrrole nitrogens is 2. The number of amides is 1. The third-order valence-electron chi connectivity index (χ3n) is 4.86. The highest BCUT2D eigenvalue weighted by Gasteiger charge is 2.25. The molecule has 0 fully saturated rings. The Morgan fingerprint density at radius 2 is 1.64 bits per heavy atom. The molecule has 0 saturated heterocycles. The van der Waals surface area contributed by atoms with Crippen LogP contribution in [-0.4, -0.2) is 59.0 Å². The highest BCUT2D eigenvalue weighted by molar-refractivity contribution is 6.11. The van der Waals surface area contributed by atoms with Crippen molar-refractivity contribution < 1.29 is 33.8 Å². The van der Waals surface area contributed by atoms with Crippen molar-refractivity contribution in [3.05, 3.63) is 62.2 Å². The van der Waals surface area contributed by atoms with Crippen molar-refractivity contribution in [3.63, 3.8) is 0 Å². The van der Waals surface area contributed by atoms with E-state index in [9.17, 15) is 33.9 Å². The standard InChI is InChI=1S/C22H19N5O9/c1-9(28)17(27-26-12-6-10(22(34)36-3)4-5-11(12)21(32)33)18(29)25-15-7-13-14(8-16(15)35-2)24-20(31)19(30)23-13/h4-8,17H,1-3H3,(H,23,30)(H,24,31)(H,25,29)(H,32,33). The fraction of sp³-hybridized carbons (Fsp3) is 0.182. The molecule has 3 rings (SSSR count). The minimum atomic E-state index is -1.71. The first-order chi connectivity index (χ1) is 17.0. The molecule has 0 aliphatic carbocycles. The molecule has 1 heterocycles. The summed E-state index contributed by atoms with van der Waals surface area (Å²) in [5.41, 5.74) is -1.99. The quantitative estimate of drug-likeness (QED) is 0.153. The summed E-state index contributed by atoms with van der Waals surface area (Å²) in [4.78, 5) is 76.3. The van der Waals surface area contributed by atoms with Gasteiger partial charge in [0.25, 0.3) is 5.91 Å². The number of fused-ring (bicyclic) bond motifs is 1. The van der Waals surface area contributed by atoms with Crippen LogP contribution in [-0.2, 0) is 14.3 Å². The number of benzene rings is 2. The molecule has 3 aromatic rings. The molecule has 0 aliphatic heterocycles. The van der Waals surface area contributed by atoms with Crippen LogP contribution in [0, 0.1) is 0 Å². The average molecular weight is 497 g/mol. The lowest BCUT2D eigenvalue weighted by Crippen LogP contribution is -2.32. The largest absolute Gasteiger partial charge is 0.494 e. The lowest BCUT2D eigenvalue weighted by Gasteiger charge is -2.13. The van der Waals surface area contributed by atoms with Gasteiger partial charge in [-0.15, -0.1) is 0 Å². The molecule has 1 aromatic heterocycles. The molecule has 1 amide bonds. The number of carboxylic acids is 1. The monoisotopic (exact) mass is 497 g/mol. The van der Waals surface area contributed by atoms with Gasteiger partial charge in [0.1, 0.15) is 11.4 Å². The van der Waals surface area contributed by atoms with Gasteiger partial charge in [-0.05, 0) is 31.2 Å². The molecular formula is C22H19N5O9. The number of hydrogen-bond donors (Lipinski definition) is 4. The zero-order valence-electron chi connectivity index (χ0n) is 19.1. The highest BCUT2D eigenvalue weighted by atomic mass is 16.5. The first-order valence-electron chi connectivity index (χ1n) is 10.1. The molecule has 186 valence electrons. The number of Topliss-reactive ketones (excluding diaryl/α,β-unsaturated/α-hetero) is 1. The number of hydrogen-bond acceptors (Lipinski definition) is 10. The van der Waals surface area contributed by atoms with Crippen LogP contribution in [0.15, 0.2) is 50.1 Å². The zero-order valence-corrected chi connectivity index (χ0v) is 19.1. The normalized spacial score (nSPS) is 11.8. The number of ether oxygens (including phenoxy) is 2. The smallest absolute Gasteiger partial charge is 0.337 e. The molecule has 36 heavy (non-hydrogen) atoms. The van der Waals surface area contributed by atoms with Crippen LogP contribution in [0.1, 0.15) is 27.6 Å². The van der Waals surface area contributed by atoms with Crippen LogP contribution in [0.3, 0.4) is 0 Å². The van der Waals surface area contributed by atoms with Crippen molar-refractivity contribution in [2.75, 3.05) is 19.5 Å². The van der Waals surface area contributed by atoms with Gasteiger partial charge in [0.15, 0.2) is 5.78 Å². The molecule has 0 aliphatic rings. The van der Waals surface area contributed by atoms with E-state index in [1.165, 1.54) is 25.3 Å². The predicted molar refractivity (Wildman–Crippen MR) is 124 cm³/mol. The summed E-state index contributed by atoms with van der Waals surface area (Å²) in [5.74, 6) is -3.72. The Morgan fingerprint density at radius 1 is 1.00 bits per heavy atom. The number of azo groups is 1. The molecule has 1 atom stereocenters. The molecule has 14 heteroatoms. The maximum atomic E-state index is 12.9. The van der Waals surface area contributed by atoms with E-state index in [-0.39, 0.29) is 39.3 Å². The van der Waals surface area contributed by atoms with Crippen molar-refractivity contribution in [2.24, 2.45) is 10.2 Å². The van der Waals surface area contributed by atoms with E-state index in [2.05, 4.69) is 30.3 Å². The summed E-state index contributed by atoms with van der Waals surface area (Å²) in [6, 6.07) is 4.37. The number of nitrogens with one attached hydrogen (secondary N) is 3. The number of carbonyl (C=O) groups excluding carboxylic acids is 3. The number of aromatic nitrogens is 2. The molecule has 0 bridgehead atoms. The molecule has 0 saturated carbocycles. The zero-order chi connectivity index (χ0) is 26.6. The maximum Gasteiger partial charge on any atom is 0.337 e. The van der Waals surface area contributed by atoms with Gasteiger partial charge in [0.05, 0.1) is 42.1 Å². The first-order valence-corrected chi connectivity index (χ1v) is 10.1. The summed E-state index contributed by atoms with van der Waals surface area (Å²) >= 11 is 0. The van der Waals surface area contributed by atoms with Crippen molar-refractivity contribution in [1.82, 2.24) is 9.97 Å². The minimum Gasteiger partial charge on any atom is -0.494 e. The van der Waals surface area contributed by atoms with Gasteiger partial charge in [-0.3, -0.25) is 19.2 Å². The van der Waals surface area contributed by atoms with Crippen LogP contribution in [0.5, 0.6) is 5.75 Å². The number of aromatic amines is 2. The van der Waals surface area contributed by atoms with E-state index >= 15 is 0 Å². The van der Waals surface area contributed by atoms with Gasteiger partial charge >= 0.3 is 23.1 Å². The molecule has 0 radical (unpaired) electrons. The van der Waals surface area contributed by atoms with Gasteiger partial charge in [-0.2, -0.15) is 10.2 Å². The van der Waals surface area contributed by atoms with Crippen molar-refractivity contribution >= 4 is 46.0 Å². The van der Waals surface area contributed by atoms with Crippen LogP contribution in [0.25, 0.3) is 11.0 Å². The molecule has 4 N–H and O–H groups in total. The van der Waals surface area contributed by atoms with Crippen molar-refractivity contribution in [3.8, 4) is 5.75 Å². The second-order valence-electron chi connectivity index (χ2n) is 7.25. The Bertz CT molecular complexity index is 1540. The van der Waals surface area contributed by atoms with Gasteiger partial charge in [0.2, 0.25) is 6.04 Å². The topological polar surface area (TPSA) is 209 Å². The number of aromatic carboxylic acids is 1. The summed E-state index contributed by atoms with van der Waals surface area (Å²) in [6.45, 7) is 1.08. The molecule has 1 unspecified atom stereocenters. The molecule has 0 spiro atoms. The van der Waals surface area contributed by atoms with Crippen LogP contribution in [0.4, 0.5) is 11.4 Å². The van der Waals surface area contributed by atoms with E-state index in [1.807, 2.05) is 0 Å². The van der Waals surface area contributed by atoms with Crippen LogP contribution < -0.4 is 21.2 Å². The molecular weight excluding hydrogens is 478 g/mol. The Hall–Kier alpha value is -5.14. The Morgan fingerprint density at radius 3 is 2.19 bits per heavy atom. The predicted octanol–water partition coefficient (Wildman–Crippen LogP) is 1.39. The lowest BCUT2D eigenvalue weighted by molar-refractivity contribution is -0.126. The second kappa shape index (κ2) is 10.4. The van der Waals surface area contributed by atoms with E-state index < -0.39 is 40.8 Å². The van der Waals surface area contributed by atoms with E-state index in [0.29, 0.717) is 0 Å². The van der Waals surface area contributed by atoms with E-state index in [1.54, 1.807) is 0 Å². The Balaban J connectivity index is 1.98. The van der Waals surface area contributed by atoms with E-state index in [4.69, 9.17) is 4.74 Å². The number of rotatable bonds is 8. The third kappa shape index (κ3) is 5.32. The second-order valence-corrected chi connectivity index (χ2v) is 7.25. The van der Waals surface area contributed by atoms with E-state index in [0.717, 1.165) is 26.2 Å². The number of carbonyl (C=O) groups is 4. The lowest BCUT2D eigenvalue weighted by atomic mass is 10.1. The van der Waals surface area contributed by atoms with Crippen molar-refractivity contribution in [1.29, 1.82) is 0 Å². The number of anilines is 1. The first kappa shape index (κ1) is 25.5. The molecule has 2 aromatic carbocycles. The number of nitrogens with zero attached hydrogens (tertiary/aromatic N) is 2. The maximum absolute atomic E-state index is 12.9. The number of esters is 1. The Kier molecular flexibility index (Phi) is 7.37. The third-order valence-corrected chi connectivity index (χ3v) is 4.86.